The fourth-order valence-corrected chi connectivity index (χ4v) is 5.96. The van der Waals surface area contributed by atoms with Gasteiger partial charge in [-0.1, -0.05) is 42.5 Å². The standard InChI is InChI=1S/C34H35NO7/c1-20-31(34(38)42-15-14-21-8-6-5-7-9-21)32(23-10-12-26(36)29(19-23)40-3)33-25(35-20)16-24(17-27(33)37)22-11-13-28(39-2)30(18-22)41-4/h5-13,18-19,24,31-32,36H,14-17H2,1-4H3/t24-,31?,32-/m0/s1. The molecule has 1 aliphatic carbocycles. The van der Waals surface area contributed by atoms with E-state index in [-0.39, 0.29) is 36.2 Å². The topological polar surface area (TPSA) is 104 Å². The first-order valence-electron chi connectivity index (χ1n) is 13.9. The number of ether oxygens (including phenoxy) is 4. The number of aliphatic imine (C=N–C) groups is 1. The normalized spacial score (nSPS) is 20.0. The largest absolute Gasteiger partial charge is 0.504 e. The number of allylic oxidation sites excluding steroid dienone is 2. The lowest BCUT2D eigenvalue weighted by Gasteiger charge is -2.36. The monoisotopic (exact) mass is 569 g/mol. The minimum absolute atomic E-state index is 0.0258. The summed E-state index contributed by atoms with van der Waals surface area (Å²) in [6.45, 7) is 2.02. The summed E-state index contributed by atoms with van der Waals surface area (Å²) in [4.78, 5) is 32.5. The maximum Gasteiger partial charge on any atom is 0.315 e. The summed E-state index contributed by atoms with van der Waals surface area (Å²) < 4.78 is 22.0. The molecule has 0 saturated heterocycles. The van der Waals surface area contributed by atoms with Gasteiger partial charge in [-0.05, 0) is 60.2 Å². The van der Waals surface area contributed by atoms with Gasteiger partial charge < -0.3 is 24.1 Å². The fraction of sp³-hybridized carbons (Fsp3) is 0.324. The molecule has 8 heteroatoms. The van der Waals surface area contributed by atoms with Gasteiger partial charge in [0.05, 0.1) is 27.9 Å². The van der Waals surface area contributed by atoms with Gasteiger partial charge in [0, 0.05) is 35.7 Å². The summed E-state index contributed by atoms with van der Waals surface area (Å²) in [7, 11) is 4.63. The van der Waals surface area contributed by atoms with Crippen molar-refractivity contribution in [3.63, 3.8) is 0 Å². The van der Waals surface area contributed by atoms with Crippen LogP contribution >= 0.6 is 0 Å². The molecule has 1 N–H and O–H groups in total. The molecule has 1 unspecified atom stereocenters. The second-order valence-corrected chi connectivity index (χ2v) is 10.5. The molecule has 0 fully saturated rings. The number of hydrogen-bond donors (Lipinski definition) is 1. The van der Waals surface area contributed by atoms with Crippen LogP contribution in [0.3, 0.4) is 0 Å². The second kappa shape index (κ2) is 12.5. The molecule has 3 aromatic rings. The number of rotatable bonds is 9. The fourth-order valence-electron chi connectivity index (χ4n) is 5.96. The van der Waals surface area contributed by atoms with Crippen LogP contribution in [0.4, 0.5) is 0 Å². The van der Waals surface area contributed by atoms with Crippen molar-refractivity contribution >= 4 is 17.5 Å². The molecule has 218 valence electrons. The molecule has 8 nitrogen and oxygen atoms in total. The van der Waals surface area contributed by atoms with Crippen LogP contribution in [0.2, 0.25) is 0 Å². The summed E-state index contributed by atoms with van der Waals surface area (Å²) in [5.74, 6) is -0.610. The lowest BCUT2D eigenvalue weighted by atomic mass is 9.69. The molecule has 42 heavy (non-hydrogen) atoms. The minimum atomic E-state index is -0.796. The Morgan fingerprint density at radius 1 is 0.881 bits per heavy atom. The maximum atomic E-state index is 14.0. The zero-order chi connectivity index (χ0) is 29.8. The lowest BCUT2D eigenvalue weighted by molar-refractivity contribution is -0.146. The van der Waals surface area contributed by atoms with E-state index in [1.807, 2.05) is 55.5 Å². The van der Waals surface area contributed by atoms with E-state index >= 15 is 0 Å². The molecule has 3 atom stereocenters. The minimum Gasteiger partial charge on any atom is -0.504 e. The first-order valence-corrected chi connectivity index (χ1v) is 13.9. The number of phenolic OH excluding ortho intramolecular Hbond substituents is 1. The number of hydrogen-bond acceptors (Lipinski definition) is 8. The maximum absolute atomic E-state index is 14.0. The third-order valence-corrected chi connectivity index (χ3v) is 8.06. The average molecular weight is 570 g/mol. The Kier molecular flexibility index (Phi) is 8.61. The Hall–Kier alpha value is -4.59. The molecule has 0 bridgehead atoms. The van der Waals surface area contributed by atoms with E-state index in [1.54, 1.807) is 26.4 Å². The summed E-state index contributed by atoms with van der Waals surface area (Å²) in [6.07, 6.45) is 1.35. The number of ketones is 1. The third kappa shape index (κ3) is 5.75. The van der Waals surface area contributed by atoms with Crippen LogP contribution in [0.5, 0.6) is 23.0 Å². The van der Waals surface area contributed by atoms with Crippen molar-refractivity contribution in [1.82, 2.24) is 0 Å². The molecule has 0 spiro atoms. The number of Topliss-reactive ketones (excluding diaryl/α,β-unsaturated/α-hetero) is 1. The van der Waals surface area contributed by atoms with Crippen molar-refractivity contribution in [3.05, 3.63) is 94.7 Å². The molecule has 0 saturated carbocycles. The summed E-state index contributed by atoms with van der Waals surface area (Å²) in [5.41, 5.74) is 4.44. The van der Waals surface area contributed by atoms with Gasteiger partial charge in [0.1, 0.15) is 5.92 Å². The highest BCUT2D eigenvalue weighted by Gasteiger charge is 2.45. The molecular weight excluding hydrogens is 534 g/mol. The number of nitrogens with zero attached hydrogens (tertiary/aromatic N) is 1. The Morgan fingerprint density at radius 3 is 2.29 bits per heavy atom. The molecule has 0 aromatic heterocycles. The van der Waals surface area contributed by atoms with Crippen molar-refractivity contribution in [2.45, 2.75) is 38.0 Å². The van der Waals surface area contributed by atoms with Gasteiger partial charge in [-0.15, -0.1) is 0 Å². The highest BCUT2D eigenvalue weighted by Crippen LogP contribution is 2.48. The number of benzene rings is 3. The van der Waals surface area contributed by atoms with Crippen LogP contribution in [-0.2, 0) is 20.7 Å². The summed E-state index contributed by atoms with van der Waals surface area (Å²) in [5, 5.41) is 10.3. The van der Waals surface area contributed by atoms with Crippen molar-refractivity contribution in [2.24, 2.45) is 10.9 Å². The van der Waals surface area contributed by atoms with Crippen LogP contribution < -0.4 is 14.2 Å². The number of carbonyl (C=O) groups excluding carboxylic acids is 2. The van der Waals surface area contributed by atoms with Gasteiger partial charge in [-0.3, -0.25) is 14.6 Å². The number of methoxy groups -OCH3 is 3. The molecule has 1 aliphatic heterocycles. The van der Waals surface area contributed by atoms with Gasteiger partial charge in [-0.25, -0.2) is 0 Å². The average Bonchev–Trinajstić information content (AvgIpc) is 3.00. The molecule has 2 aliphatic rings. The Morgan fingerprint density at radius 2 is 1.57 bits per heavy atom. The first kappa shape index (κ1) is 28.9. The predicted molar refractivity (Wildman–Crippen MR) is 159 cm³/mol. The van der Waals surface area contributed by atoms with Crippen molar-refractivity contribution < 1.29 is 33.6 Å². The van der Waals surface area contributed by atoms with E-state index in [4.69, 9.17) is 23.9 Å². The summed E-state index contributed by atoms with van der Waals surface area (Å²) >= 11 is 0. The number of carbonyl (C=O) groups is 2. The van der Waals surface area contributed by atoms with Gasteiger partial charge in [0.2, 0.25) is 0 Å². The zero-order valence-corrected chi connectivity index (χ0v) is 24.3. The smallest absolute Gasteiger partial charge is 0.315 e. The molecule has 3 aromatic carbocycles. The zero-order valence-electron chi connectivity index (χ0n) is 24.3. The van der Waals surface area contributed by atoms with Crippen LogP contribution in [0, 0.1) is 5.92 Å². The van der Waals surface area contributed by atoms with E-state index in [2.05, 4.69) is 0 Å². The van der Waals surface area contributed by atoms with E-state index in [0.717, 1.165) is 11.1 Å². The number of aromatic hydroxyl groups is 1. The van der Waals surface area contributed by atoms with Crippen molar-refractivity contribution in [2.75, 3.05) is 27.9 Å². The number of esters is 1. The molecule has 1 heterocycles. The van der Waals surface area contributed by atoms with Crippen LogP contribution in [0.15, 0.2) is 83.0 Å². The van der Waals surface area contributed by atoms with E-state index in [0.29, 0.717) is 46.9 Å². The molecular formula is C34H35NO7. The Bertz CT molecular complexity index is 1540. The van der Waals surface area contributed by atoms with E-state index in [9.17, 15) is 14.7 Å². The van der Waals surface area contributed by atoms with Gasteiger partial charge in [0.15, 0.2) is 28.8 Å². The summed E-state index contributed by atoms with van der Waals surface area (Å²) in [6, 6.07) is 20.4. The van der Waals surface area contributed by atoms with Gasteiger partial charge in [0.25, 0.3) is 0 Å². The first-order chi connectivity index (χ1) is 20.3. The van der Waals surface area contributed by atoms with E-state index in [1.165, 1.54) is 13.2 Å². The Labute approximate surface area is 245 Å². The predicted octanol–water partition coefficient (Wildman–Crippen LogP) is 5.78. The van der Waals surface area contributed by atoms with Gasteiger partial charge in [-0.2, -0.15) is 0 Å². The SMILES string of the molecule is COc1cc([C@@H]2C3=C(C[C@H](c4ccc(OC)c(OC)c4)CC3=O)N=C(C)C2C(=O)OCCc2ccccc2)ccc1O. The van der Waals surface area contributed by atoms with Crippen LogP contribution in [-0.4, -0.2) is 50.5 Å². The van der Waals surface area contributed by atoms with Crippen LogP contribution in [0.25, 0.3) is 0 Å². The molecule has 5 rings (SSSR count). The molecule has 0 radical (unpaired) electrons. The van der Waals surface area contributed by atoms with Crippen molar-refractivity contribution in [1.29, 1.82) is 0 Å². The highest BCUT2D eigenvalue weighted by atomic mass is 16.5. The van der Waals surface area contributed by atoms with Crippen molar-refractivity contribution in [3.8, 4) is 23.0 Å². The highest BCUT2D eigenvalue weighted by molar-refractivity contribution is 6.09. The van der Waals surface area contributed by atoms with Gasteiger partial charge >= 0.3 is 5.97 Å². The third-order valence-electron chi connectivity index (χ3n) is 8.06. The molecule has 0 amide bonds. The van der Waals surface area contributed by atoms with E-state index < -0.39 is 17.8 Å². The quantitative estimate of drug-likeness (QED) is 0.326. The Balaban J connectivity index is 1.50. The van der Waals surface area contributed by atoms with Crippen LogP contribution in [0.1, 0.15) is 48.3 Å². The second-order valence-electron chi connectivity index (χ2n) is 10.5. The number of phenols is 1. The lowest BCUT2D eigenvalue weighted by Crippen LogP contribution is -2.38.